The Kier molecular flexibility index (Phi) is 2.88. The van der Waals surface area contributed by atoms with Gasteiger partial charge in [0, 0.05) is 0 Å². The average Bonchev–Trinajstić information content (AvgIpc) is 2.75. The van der Waals surface area contributed by atoms with E-state index in [9.17, 15) is 12.8 Å². The van der Waals surface area contributed by atoms with Crippen molar-refractivity contribution in [2.75, 3.05) is 5.73 Å². The number of nitrogen functional groups attached to an aromatic ring is 1. The first-order valence-corrected chi connectivity index (χ1v) is 6.85. The highest BCUT2D eigenvalue weighted by Gasteiger charge is 2.30. The van der Waals surface area contributed by atoms with Crippen molar-refractivity contribution in [2.45, 2.75) is 35.8 Å². The van der Waals surface area contributed by atoms with Gasteiger partial charge < -0.3 is 5.73 Å². The molecule has 1 saturated carbocycles. The third kappa shape index (κ3) is 1.91. The molecule has 0 bridgehead atoms. The van der Waals surface area contributed by atoms with Gasteiger partial charge in [-0.15, -0.1) is 0 Å². The van der Waals surface area contributed by atoms with Gasteiger partial charge >= 0.3 is 0 Å². The summed E-state index contributed by atoms with van der Waals surface area (Å²) >= 11 is 0. The van der Waals surface area contributed by atoms with Gasteiger partial charge in [0.05, 0.1) is 15.8 Å². The summed E-state index contributed by atoms with van der Waals surface area (Å²) in [5.74, 6) is -0.578. The van der Waals surface area contributed by atoms with Crippen LogP contribution in [0, 0.1) is 5.82 Å². The monoisotopic (exact) mass is 243 g/mol. The zero-order chi connectivity index (χ0) is 11.8. The van der Waals surface area contributed by atoms with Crippen LogP contribution in [-0.2, 0) is 9.84 Å². The van der Waals surface area contributed by atoms with Crippen LogP contribution in [-0.4, -0.2) is 13.7 Å². The minimum absolute atomic E-state index is 0.112. The molecule has 1 aliphatic rings. The number of halogens is 1. The van der Waals surface area contributed by atoms with Crippen LogP contribution in [0.3, 0.4) is 0 Å². The maximum Gasteiger partial charge on any atom is 0.181 e. The molecule has 88 valence electrons. The fraction of sp³-hybridized carbons (Fsp3) is 0.455. The van der Waals surface area contributed by atoms with Gasteiger partial charge in [0.25, 0.3) is 0 Å². The van der Waals surface area contributed by atoms with E-state index in [-0.39, 0.29) is 15.8 Å². The van der Waals surface area contributed by atoms with Crippen LogP contribution in [0.4, 0.5) is 10.1 Å². The molecule has 0 saturated heterocycles. The van der Waals surface area contributed by atoms with E-state index >= 15 is 0 Å². The molecule has 0 aliphatic heterocycles. The number of nitrogens with two attached hydrogens (primary N) is 1. The normalized spacial score (nSPS) is 17.8. The molecule has 16 heavy (non-hydrogen) atoms. The molecule has 0 atom stereocenters. The van der Waals surface area contributed by atoms with Gasteiger partial charge in [0.2, 0.25) is 0 Å². The topological polar surface area (TPSA) is 60.2 Å². The molecular weight excluding hydrogens is 229 g/mol. The van der Waals surface area contributed by atoms with Crippen LogP contribution < -0.4 is 5.73 Å². The molecule has 0 spiro atoms. The van der Waals surface area contributed by atoms with E-state index in [1.807, 2.05) is 0 Å². The second kappa shape index (κ2) is 4.05. The number of hydrogen-bond donors (Lipinski definition) is 1. The smallest absolute Gasteiger partial charge is 0.181 e. The van der Waals surface area contributed by atoms with Gasteiger partial charge in [-0.05, 0) is 31.0 Å². The van der Waals surface area contributed by atoms with Crippen molar-refractivity contribution in [1.29, 1.82) is 0 Å². The molecule has 3 nitrogen and oxygen atoms in total. The number of sulfone groups is 1. The van der Waals surface area contributed by atoms with Gasteiger partial charge in [0.15, 0.2) is 9.84 Å². The molecule has 2 rings (SSSR count). The lowest BCUT2D eigenvalue weighted by atomic mass is 10.3. The molecule has 0 unspecified atom stereocenters. The van der Waals surface area contributed by atoms with Crippen LogP contribution in [0.2, 0.25) is 0 Å². The summed E-state index contributed by atoms with van der Waals surface area (Å²) < 4.78 is 37.2. The third-order valence-corrected chi connectivity index (χ3v) is 5.30. The predicted molar refractivity (Wildman–Crippen MR) is 60.3 cm³/mol. The Balaban J connectivity index is 2.39. The highest BCUT2D eigenvalue weighted by molar-refractivity contribution is 7.92. The van der Waals surface area contributed by atoms with Crippen molar-refractivity contribution in [2.24, 2.45) is 0 Å². The van der Waals surface area contributed by atoms with Crippen LogP contribution in [0.25, 0.3) is 0 Å². The van der Waals surface area contributed by atoms with Crippen molar-refractivity contribution >= 4 is 15.5 Å². The molecule has 0 heterocycles. The van der Waals surface area contributed by atoms with Crippen molar-refractivity contribution < 1.29 is 12.8 Å². The Labute approximate surface area is 94.4 Å². The number of hydrogen-bond acceptors (Lipinski definition) is 3. The highest BCUT2D eigenvalue weighted by Crippen LogP contribution is 2.30. The second-order valence-corrected chi connectivity index (χ2v) is 6.36. The van der Waals surface area contributed by atoms with Gasteiger partial charge in [-0.3, -0.25) is 0 Å². The van der Waals surface area contributed by atoms with Gasteiger partial charge in [-0.1, -0.05) is 12.8 Å². The predicted octanol–water partition coefficient (Wildman–Crippen LogP) is 2.12. The first-order valence-electron chi connectivity index (χ1n) is 5.31. The molecular formula is C11H14FNO2S. The minimum atomic E-state index is -3.32. The van der Waals surface area contributed by atoms with Crippen molar-refractivity contribution in [3.8, 4) is 0 Å². The van der Waals surface area contributed by atoms with E-state index in [0.717, 1.165) is 18.9 Å². The minimum Gasteiger partial charge on any atom is -0.396 e. The molecule has 1 aromatic rings. The summed E-state index contributed by atoms with van der Waals surface area (Å²) in [6.45, 7) is 0. The fourth-order valence-electron chi connectivity index (χ4n) is 2.09. The van der Waals surface area contributed by atoms with E-state index in [1.165, 1.54) is 12.1 Å². The van der Waals surface area contributed by atoms with Crippen molar-refractivity contribution in [3.63, 3.8) is 0 Å². The zero-order valence-corrected chi connectivity index (χ0v) is 9.63. The molecule has 1 fully saturated rings. The van der Waals surface area contributed by atoms with Gasteiger partial charge in [0.1, 0.15) is 5.82 Å². The first-order chi connectivity index (χ1) is 7.51. The van der Waals surface area contributed by atoms with Crippen LogP contribution >= 0.6 is 0 Å². The summed E-state index contributed by atoms with van der Waals surface area (Å²) in [5.41, 5.74) is 5.26. The summed E-state index contributed by atoms with van der Waals surface area (Å²) in [4.78, 5) is 0.137. The summed E-state index contributed by atoms with van der Waals surface area (Å²) in [6.07, 6.45) is 3.28. The lowest BCUT2D eigenvalue weighted by Crippen LogP contribution is -2.18. The maximum atomic E-state index is 12.9. The van der Waals surface area contributed by atoms with E-state index in [0.29, 0.717) is 12.8 Å². The van der Waals surface area contributed by atoms with Crippen molar-refractivity contribution in [3.05, 3.63) is 24.0 Å². The Morgan fingerprint density at radius 3 is 2.44 bits per heavy atom. The van der Waals surface area contributed by atoms with Crippen LogP contribution in [0.1, 0.15) is 25.7 Å². The number of benzene rings is 1. The maximum absolute atomic E-state index is 12.9. The number of anilines is 1. The van der Waals surface area contributed by atoms with E-state index in [4.69, 9.17) is 5.73 Å². The van der Waals surface area contributed by atoms with E-state index in [1.54, 1.807) is 0 Å². The van der Waals surface area contributed by atoms with Gasteiger partial charge in [-0.2, -0.15) is 0 Å². The fourth-order valence-corrected chi connectivity index (χ4v) is 3.98. The second-order valence-electron chi connectivity index (χ2n) is 4.13. The lowest BCUT2D eigenvalue weighted by Gasteiger charge is -2.11. The SMILES string of the molecule is Nc1cc(S(=O)(=O)C2CCCC2)ccc1F. The Morgan fingerprint density at radius 1 is 1.25 bits per heavy atom. The molecule has 0 aromatic heterocycles. The highest BCUT2D eigenvalue weighted by atomic mass is 32.2. The number of rotatable bonds is 2. The van der Waals surface area contributed by atoms with E-state index in [2.05, 4.69) is 0 Å². The Bertz CT molecular complexity index is 493. The molecule has 5 heteroatoms. The third-order valence-electron chi connectivity index (χ3n) is 3.04. The standard InChI is InChI=1S/C11H14FNO2S/c12-10-6-5-9(7-11(10)13)16(14,15)8-3-1-2-4-8/h5-8H,1-4,13H2. The summed E-state index contributed by atoms with van der Waals surface area (Å²) in [6, 6.07) is 3.61. The Hall–Kier alpha value is -1.10. The molecule has 2 N–H and O–H groups in total. The molecule has 0 amide bonds. The summed E-state index contributed by atoms with van der Waals surface area (Å²) in [7, 11) is -3.32. The Morgan fingerprint density at radius 2 is 1.88 bits per heavy atom. The molecule has 1 aliphatic carbocycles. The summed E-state index contributed by atoms with van der Waals surface area (Å²) in [5, 5.41) is -0.322. The average molecular weight is 243 g/mol. The lowest BCUT2D eigenvalue weighted by molar-refractivity contribution is 0.579. The molecule has 1 aromatic carbocycles. The quantitative estimate of drug-likeness (QED) is 0.639. The van der Waals surface area contributed by atoms with Crippen molar-refractivity contribution in [1.82, 2.24) is 0 Å². The van der Waals surface area contributed by atoms with Crippen LogP contribution in [0.15, 0.2) is 23.1 Å². The van der Waals surface area contributed by atoms with Gasteiger partial charge in [-0.25, -0.2) is 12.8 Å². The van der Waals surface area contributed by atoms with Crippen LogP contribution in [0.5, 0.6) is 0 Å². The largest absolute Gasteiger partial charge is 0.396 e. The van der Waals surface area contributed by atoms with E-state index < -0.39 is 15.7 Å². The zero-order valence-electron chi connectivity index (χ0n) is 8.82. The molecule has 0 radical (unpaired) electrons. The first kappa shape index (κ1) is 11.4.